The lowest BCUT2D eigenvalue weighted by Crippen LogP contribution is -2.56. The van der Waals surface area contributed by atoms with Gasteiger partial charge in [0.1, 0.15) is 0 Å². The van der Waals surface area contributed by atoms with Crippen LogP contribution in [0.15, 0.2) is 24.5 Å². The van der Waals surface area contributed by atoms with Crippen molar-refractivity contribution < 1.29 is 4.79 Å². The topological polar surface area (TPSA) is 61.4 Å². The molecule has 1 aliphatic carbocycles. The van der Waals surface area contributed by atoms with Gasteiger partial charge in [-0.25, -0.2) is 0 Å². The van der Waals surface area contributed by atoms with E-state index in [9.17, 15) is 4.79 Å². The Labute approximate surface area is 179 Å². The van der Waals surface area contributed by atoms with Crippen LogP contribution in [0.5, 0.6) is 0 Å². The summed E-state index contributed by atoms with van der Waals surface area (Å²) < 4.78 is 0. The van der Waals surface area contributed by atoms with E-state index >= 15 is 0 Å². The molecule has 2 aromatic rings. The molecule has 1 amide bonds. The number of aryl methyl sites for hydroxylation is 1. The maximum Gasteiger partial charge on any atom is 0.220 e. The Bertz CT molecular complexity index is 934. The third-order valence-corrected chi connectivity index (χ3v) is 7.50. The van der Waals surface area contributed by atoms with Crippen LogP contribution in [0.25, 0.3) is 10.9 Å². The zero-order chi connectivity index (χ0) is 20.8. The normalized spacial score (nSPS) is 31.4. The highest BCUT2D eigenvalue weighted by atomic mass is 16.1. The molecule has 0 radical (unpaired) electrons. The molecule has 3 fully saturated rings. The molecule has 2 saturated heterocycles. The number of hydrogen-bond acceptors (Lipinski definition) is 5. The van der Waals surface area contributed by atoms with Gasteiger partial charge in [0, 0.05) is 50.2 Å². The molecule has 3 aliphatic rings. The zero-order valence-corrected chi connectivity index (χ0v) is 18.3. The van der Waals surface area contributed by atoms with Gasteiger partial charge in [0.25, 0.3) is 0 Å². The van der Waals surface area contributed by atoms with Crippen molar-refractivity contribution in [3.63, 3.8) is 0 Å². The molecule has 2 aliphatic heterocycles. The first-order valence-corrected chi connectivity index (χ1v) is 11.4. The van der Waals surface area contributed by atoms with E-state index in [1.807, 2.05) is 25.4 Å². The molecular weight excluding hydrogens is 374 g/mol. The molecule has 160 valence electrons. The number of nitrogens with zero attached hydrogens (tertiary/aromatic N) is 4. The lowest BCUT2D eigenvalue weighted by molar-refractivity contribution is -0.128. The van der Waals surface area contributed by atoms with Crippen molar-refractivity contribution in [3.05, 3.63) is 30.2 Å². The van der Waals surface area contributed by atoms with E-state index in [4.69, 9.17) is 0 Å². The Morgan fingerprint density at radius 1 is 1.17 bits per heavy atom. The second kappa shape index (κ2) is 7.80. The summed E-state index contributed by atoms with van der Waals surface area (Å²) in [6.07, 6.45) is 6.86. The number of fused-ring (bicyclic) bond motifs is 3. The molecule has 1 N–H and O–H groups in total. The van der Waals surface area contributed by atoms with Crippen molar-refractivity contribution in [3.8, 4) is 0 Å². The summed E-state index contributed by atoms with van der Waals surface area (Å²) in [5.41, 5.74) is 3.06. The third-order valence-electron chi connectivity index (χ3n) is 7.50. The molecule has 2 aromatic heterocycles. The van der Waals surface area contributed by atoms with Gasteiger partial charge in [0.2, 0.25) is 5.91 Å². The maximum atomic E-state index is 12.9. The number of amides is 1. The Morgan fingerprint density at radius 3 is 2.77 bits per heavy atom. The van der Waals surface area contributed by atoms with Crippen LogP contribution in [0.1, 0.15) is 31.9 Å². The number of hydrogen-bond donors (Lipinski definition) is 1. The van der Waals surface area contributed by atoms with Crippen LogP contribution in [0, 0.1) is 30.6 Å². The summed E-state index contributed by atoms with van der Waals surface area (Å²) in [7, 11) is 2.20. The second-order valence-electron chi connectivity index (χ2n) is 9.98. The van der Waals surface area contributed by atoms with Crippen LogP contribution in [0.4, 0.5) is 5.69 Å². The largest absolute Gasteiger partial charge is 0.367 e. The number of anilines is 1. The summed E-state index contributed by atoms with van der Waals surface area (Å²) in [6.45, 7) is 8.42. The predicted octanol–water partition coefficient (Wildman–Crippen LogP) is 2.86. The third kappa shape index (κ3) is 3.66. The monoisotopic (exact) mass is 407 g/mol. The fraction of sp³-hybridized carbons (Fsp3) is 0.625. The van der Waals surface area contributed by atoms with Crippen LogP contribution in [-0.4, -0.2) is 60.0 Å². The van der Waals surface area contributed by atoms with Gasteiger partial charge < -0.3 is 15.1 Å². The molecule has 4 atom stereocenters. The molecule has 2 bridgehead atoms. The van der Waals surface area contributed by atoms with Crippen LogP contribution >= 0.6 is 0 Å². The van der Waals surface area contributed by atoms with Crippen LogP contribution in [-0.2, 0) is 4.79 Å². The Balaban J connectivity index is 1.27. The number of carbonyl (C=O) groups is 1. The fourth-order valence-electron chi connectivity index (χ4n) is 6.15. The molecular formula is C24H33N5O. The molecule has 1 saturated carbocycles. The van der Waals surface area contributed by atoms with Gasteiger partial charge in [0.05, 0.1) is 23.1 Å². The summed E-state index contributed by atoms with van der Waals surface area (Å²) in [5.74, 6) is 2.80. The molecule has 6 heteroatoms. The molecule has 4 heterocycles. The van der Waals surface area contributed by atoms with E-state index in [1.54, 1.807) is 0 Å². The van der Waals surface area contributed by atoms with Crippen LogP contribution < -0.4 is 10.2 Å². The van der Waals surface area contributed by atoms with Crippen molar-refractivity contribution in [1.82, 2.24) is 20.2 Å². The van der Waals surface area contributed by atoms with Crippen molar-refractivity contribution in [2.75, 3.05) is 38.1 Å². The molecule has 0 aromatic carbocycles. The molecule has 30 heavy (non-hydrogen) atoms. The smallest absolute Gasteiger partial charge is 0.220 e. The number of pyridine rings is 2. The fourth-order valence-corrected chi connectivity index (χ4v) is 6.15. The quantitative estimate of drug-likeness (QED) is 0.845. The van der Waals surface area contributed by atoms with E-state index in [1.165, 1.54) is 6.42 Å². The van der Waals surface area contributed by atoms with E-state index in [2.05, 4.69) is 45.1 Å². The van der Waals surface area contributed by atoms with Crippen LogP contribution in [0.3, 0.4) is 0 Å². The average Bonchev–Trinajstić information content (AvgIpc) is 2.72. The van der Waals surface area contributed by atoms with Gasteiger partial charge in [0.15, 0.2) is 0 Å². The highest BCUT2D eigenvalue weighted by Crippen LogP contribution is 2.46. The van der Waals surface area contributed by atoms with Crippen molar-refractivity contribution in [1.29, 1.82) is 0 Å². The van der Waals surface area contributed by atoms with Crippen molar-refractivity contribution >= 4 is 22.5 Å². The van der Waals surface area contributed by atoms with Gasteiger partial charge in [-0.15, -0.1) is 0 Å². The van der Waals surface area contributed by atoms with Gasteiger partial charge in [-0.3, -0.25) is 14.8 Å². The van der Waals surface area contributed by atoms with E-state index in [0.29, 0.717) is 18.3 Å². The number of rotatable bonds is 4. The minimum absolute atomic E-state index is 0.192. The Hall–Kier alpha value is -2.21. The highest BCUT2D eigenvalue weighted by molar-refractivity contribution is 5.92. The summed E-state index contributed by atoms with van der Waals surface area (Å²) in [4.78, 5) is 26.8. The first kappa shape index (κ1) is 19.7. The van der Waals surface area contributed by atoms with Gasteiger partial charge in [-0.05, 0) is 62.6 Å². The summed E-state index contributed by atoms with van der Waals surface area (Å²) in [5, 5.41) is 4.53. The second-order valence-corrected chi connectivity index (χ2v) is 9.98. The number of carbonyl (C=O) groups excluding carboxylic acids is 1. The van der Waals surface area contributed by atoms with Crippen molar-refractivity contribution in [2.24, 2.45) is 23.7 Å². The van der Waals surface area contributed by atoms with Gasteiger partial charge in [-0.2, -0.15) is 0 Å². The zero-order valence-electron chi connectivity index (χ0n) is 18.3. The van der Waals surface area contributed by atoms with Gasteiger partial charge >= 0.3 is 0 Å². The van der Waals surface area contributed by atoms with E-state index < -0.39 is 0 Å². The molecule has 0 spiro atoms. The summed E-state index contributed by atoms with van der Waals surface area (Å²) >= 11 is 0. The number of aromatic nitrogens is 2. The Morgan fingerprint density at radius 2 is 1.97 bits per heavy atom. The number of likely N-dealkylation sites (tertiary alicyclic amines) is 1. The number of nitrogens with one attached hydrogen (secondary N) is 1. The van der Waals surface area contributed by atoms with Crippen molar-refractivity contribution in [2.45, 2.75) is 39.2 Å². The lowest BCUT2D eigenvalue weighted by Gasteiger charge is -2.53. The predicted molar refractivity (Wildman–Crippen MR) is 119 cm³/mol. The average molecular weight is 408 g/mol. The maximum absolute atomic E-state index is 12.9. The molecule has 6 nitrogen and oxygen atoms in total. The van der Waals surface area contributed by atoms with Crippen LogP contribution in [0.2, 0.25) is 0 Å². The number of piperidine rings is 3. The summed E-state index contributed by atoms with van der Waals surface area (Å²) in [6, 6.07) is 4.31. The minimum atomic E-state index is 0.192. The molecule has 5 rings (SSSR count). The van der Waals surface area contributed by atoms with E-state index in [-0.39, 0.29) is 11.9 Å². The molecule has 2 unspecified atom stereocenters. The minimum Gasteiger partial charge on any atom is -0.367 e. The standard InChI is InChI=1S/C24H33N5O/c1-15-7-19(27-23(30)9-21-17-8-18(21)13-28(3)12-17)14-29(11-15)22-10-26-16(2)24-20(22)5-4-6-25-24/h4-6,10,15,17-19,21H,7-9,11-14H2,1-3H3,(H,27,30)/t15-,17?,18?,19+,21?/m0/s1. The first-order chi connectivity index (χ1) is 14.5. The first-order valence-electron chi connectivity index (χ1n) is 11.4. The SMILES string of the molecule is Cc1ncc(N2C[C@@H](C)C[C@@H](NC(=O)CC3C4CC3CN(C)C4)C2)c2cccnc12. The van der Waals surface area contributed by atoms with E-state index in [0.717, 1.165) is 66.7 Å². The van der Waals surface area contributed by atoms with Gasteiger partial charge in [-0.1, -0.05) is 6.92 Å². The Kier molecular flexibility index (Phi) is 5.13. The lowest BCUT2D eigenvalue weighted by atomic mass is 9.60. The highest BCUT2D eigenvalue weighted by Gasteiger charge is 2.46.